The molecule has 0 aromatic rings. The van der Waals surface area contributed by atoms with Gasteiger partial charge >= 0.3 is 7.82 Å². The van der Waals surface area contributed by atoms with Crippen molar-refractivity contribution >= 4 is 66.2 Å². The highest BCUT2D eigenvalue weighted by Crippen LogP contribution is 2.35. The van der Waals surface area contributed by atoms with Gasteiger partial charge in [-0.05, 0) is 27.7 Å². The minimum atomic E-state index is -5.10. The Kier molecular flexibility index (Phi) is 23.6. The van der Waals surface area contributed by atoms with Crippen molar-refractivity contribution in [3.05, 3.63) is 0 Å². The first-order valence-corrected chi connectivity index (χ1v) is 20.2. The number of carbonyl (C=O) groups is 10. The monoisotopic (exact) mass is 849 g/mol. The number of phosphoric acid groups is 1. The number of hydrogen-bond donors (Lipinski definition) is 9. The van der Waals surface area contributed by atoms with Crippen LogP contribution >= 0.6 is 7.82 Å². The number of carbonyl (C=O) groups excluding carboxylic acids is 10. The van der Waals surface area contributed by atoms with E-state index in [2.05, 4.69) is 25.8 Å². The maximum atomic E-state index is 13.1. The standard InChI is InChI=1S/C36H60N5O16P/c1-17(24(8)44)9-31(48)26(15-43)40-34(51)19(3)11-29(46)22(6)39-36(53)25(14-42)13-30(47)23(7)38-33(50)20(4)12-32(49)27(16-57-58(54,55)56)41-35(52)18(2)10-28(45)21(5)37/h17-23,25-27,42-43H,9-16,37H2,1-8H3,(H,38,50)(H,39,53)(H,40,51)(H,41,52)(H2,54,55,56)/t17-,18-,19-,20-,21+,22+,23+,25+,26+,27+/m1/s1. The summed E-state index contributed by atoms with van der Waals surface area (Å²) in [6.45, 7) is 8.37. The molecular weight excluding hydrogens is 789 g/mol. The van der Waals surface area contributed by atoms with E-state index in [1.807, 2.05) is 0 Å². The number of nitrogens with two attached hydrogens (primary N) is 1. The minimum absolute atomic E-state index is 0.205. The Morgan fingerprint density at radius 2 is 0.914 bits per heavy atom. The van der Waals surface area contributed by atoms with Gasteiger partial charge in [0.05, 0.1) is 43.9 Å². The molecule has 0 aromatic heterocycles. The van der Waals surface area contributed by atoms with Crippen LogP contribution in [-0.4, -0.2) is 128 Å². The van der Waals surface area contributed by atoms with E-state index >= 15 is 0 Å². The number of aliphatic hydroxyl groups excluding tert-OH is 2. The fourth-order valence-electron chi connectivity index (χ4n) is 5.03. The van der Waals surface area contributed by atoms with E-state index in [-0.39, 0.29) is 18.6 Å². The zero-order chi connectivity index (χ0) is 45.2. The third-order valence-electron chi connectivity index (χ3n) is 9.30. The summed E-state index contributed by atoms with van der Waals surface area (Å²) in [7, 11) is -5.10. The molecule has 0 unspecified atom stereocenters. The number of rotatable bonds is 29. The molecule has 0 aliphatic rings. The molecule has 0 aliphatic carbocycles. The highest BCUT2D eigenvalue weighted by atomic mass is 31.2. The fourth-order valence-corrected chi connectivity index (χ4v) is 5.37. The van der Waals surface area contributed by atoms with Crippen LogP contribution in [0.1, 0.15) is 87.5 Å². The molecule has 22 heteroatoms. The first-order chi connectivity index (χ1) is 26.6. The van der Waals surface area contributed by atoms with Gasteiger partial charge < -0.3 is 47.0 Å². The first-order valence-electron chi connectivity index (χ1n) is 18.7. The Bertz CT molecular complexity index is 1570. The molecule has 10 atom stereocenters. The summed E-state index contributed by atoms with van der Waals surface area (Å²) in [6.07, 6.45) is -2.07. The highest BCUT2D eigenvalue weighted by molar-refractivity contribution is 7.46. The van der Waals surface area contributed by atoms with Crippen LogP contribution in [0, 0.1) is 29.6 Å². The average molecular weight is 850 g/mol. The summed E-state index contributed by atoms with van der Waals surface area (Å²) in [4.78, 5) is 144. The maximum Gasteiger partial charge on any atom is 0.469 e. The lowest BCUT2D eigenvalue weighted by molar-refractivity contribution is -0.136. The summed E-state index contributed by atoms with van der Waals surface area (Å²) in [5, 5.41) is 28.8. The van der Waals surface area contributed by atoms with Gasteiger partial charge in [0, 0.05) is 55.8 Å². The molecule has 58 heavy (non-hydrogen) atoms. The minimum Gasteiger partial charge on any atom is -0.396 e. The Morgan fingerprint density at radius 3 is 1.34 bits per heavy atom. The van der Waals surface area contributed by atoms with Crippen LogP contribution in [0.2, 0.25) is 0 Å². The van der Waals surface area contributed by atoms with Gasteiger partial charge in [-0.3, -0.25) is 52.5 Å². The van der Waals surface area contributed by atoms with Crippen LogP contribution in [0.4, 0.5) is 0 Å². The van der Waals surface area contributed by atoms with Crippen LogP contribution in [0.3, 0.4) is 0 Å². The summed E-state index contributed by atoms with van der Waals surface area (Å²) >= 11 is 0. The van der Waals surface area contributed by atoms with Gasteiger partial charge in [-0.15, -0.1) is 0 Å². The second kappa shape index (κ2) is 25.4. The van der Waals surface area contributed by atoms with E-state index in [4.69, 9.17) is 15.5 Å². The molecule has 0 aromatic carbocycles. The molecular formula is C36H60N5O16P. The summed E-state index contributed by atoms with van der Waals surface area (Å²) in [6, 6.07) is -6.22. The van der Waals surface area contributed by atoms with Crippen molar-refractivity contribution in [1.82, 2.24) is 21.3 Å². The van der Waals surface area contributed by atoms with Gasteiger partial charge in [0.2, 0.25) is 23.6 Å². The first kappa shape index (κ1) is 53.9. The van der Waals surface area contributed by atoms with E-state index in [1.165, 1.54) is 55.4 Å². The van der Waals surface area contributed by atoms with Crippen LogP contribution in [0.15, 0.2) is 0 Å². The number of amides is 4. The van der Waals surface area contributed by atoms with Gasteiger partial charge in [0.25, 0.3) is 0 Å². The molecule has 0 bridgehead atoms. The lowest BCUT2D eigenvalue weighted by Gasteiger charge is -2.23. The molecule has 10 N–H and O–H groups in total. The van der Waals surface area contributed by atoms with Crippen LogP contribution in [0.5, 0.6) is 0 Å². The number of phosphoric ester groups is 1. The predicted octanol–water partition coefficient (Wildman–Crippen LogP) is -2.05. The van der Waals surface area contributed by atoms with Crippen molar-refractivity contribution in [2.45, 2.75) is 118 Å². The summed E-state index contributed by atoms with van der Waals surface area (Å²) in [5.74, 6) is -11.9. The van der Waals surface area contributed by atoms with Crippen LogP contribution in [-0.2, 0) is 57.0 Å². The topological polar surface area (TPSA) is 352 Å². The Balaban J connectivity index is 5.34. The molecule has 0 spiro atoms. The second-order valence-electron chi connectivity index (χ2n) is 14.8. The molecule has 0 aliphatic heterocycles. The van der Waals surface area contributed by atoms with Crippen molar-refractivity contribution in [2.75, 3.05) is 19.8 Å². The number of ketones is 6. The van der Waals surface area contributed by atoms with E-state index in [0.29, 0.717) is 0 Å². The second-order valence-corrected chi connectivity index (χ2v) is 16.0. The molecule has 0 radical (unpaired) electrons. The molecule has 0 fully saturated rings. The van der Waals surface area contributed by atoms with Crippen molar-refractivity contribution < 1.29 is 77.0 Å². The largest absolute Gasteiger partial charge is 0.469 e. The van der Waals surface area contributed by atoms with Gasteiger partial charge in [0.15, 0.2) is 23.1 Å². The normalized spacial score (nSPS) is 16.7. The Morgan fingerprint density at radius 1 is 0.534 bits per heavy atom. The third kappa shape index (κ3) is 20.0. The zero-order valence-electron chi connectivity index (χ0n) is 34.1. The molecule has 4 amide bonds. The maximum absolute atomic E-state index is 13.1. The Labute approximate surface area is 337 Å². The smallest absolute Gasteiger partial charge is 0.396 e. The van der Waals surface area contributed by atoms with Crippen molar-refractivity contribution in [3.63, 3.8) is 0 Å². The fraction of sp³-hybridized carbons (Fsp3) is 0.722. The number of hydrogen-bond acceptors (Lipinski definition) is 15. The third-order valence-corrected chi connectivity index (χ3v) is 9.78. The van der Waals surface area contributed by atoms with E-state index < -0.39 is 159 Å². The van der Waals surface area contributed by atoms with E-state index in [9.17, 15) is 62.7 Å². The highest BCUT2D eigenvalue weighted by Gasteiger charge is 2.33. The summed E-state index contributed by atoms with van der Waals surface area (Å²) < 4.78 is 15.7. The molecule has 0 heterocycles. The average Bonchev–Trinajstić information content (AvgIpc) is 3.12. The predicted molar refractivity (Wildman–Crippen MR) is 204 cm³/mol. The van der Waals surface area contributed by atoms with E-state index in [1.54, 1.807) is 0 Å². The molecule has 0 rings (SSSR count). The number of aliphatic hydroxyl groups is 2. The van der Waals surface area contributed by atoms with Gasteiger partial charge in [-0.2, -0.15) is 0 Å². The molecule has 0 saturated heterocycles. The summed E-state index contributed by atoms with van der Waals surface area (Å²) in [5.41, 5.74) is 5.52. The SMILES string of the molecule is CC(=O)[C@H](C)CC(=O)[C@H](CO)NC(=O)[C@H](C)CC(=O)[C@H](C)NC(=O)[C@H](CO)CC(=O)[C@H](C)NC(=O)[C@H](C)CC(=O)[C@H](COP(=O)(O)O)NC(=O)[C@H](C)CC(=O)[C@H](C)N. The quantitative estimate of drug-likeness (QED) is 0.0366. The number of nitrogens with one attached hydrogen (secondary N) is 4. The van der Waals surface area contributed by atoms with Crippen LogP contribution < -0.4 is 27.0 Å². The van der Waals surface area contributed by atoms with Gasteiger partial charge in [0.1, 0.15) is 23.7 Å². The van der Waals surface area contributed by atoms with Crippen molar-refractivity contribution in [2.24, 2.45) is 35.3 Å². The molecule has 0 saturated carbocycles. The molecule has 21 nitrogen and oxygen atoms in total. The number of Topliss-reactive ketones (excluding diaryl/α,β-unsaturated/α-hetero) is 6. The zero-order valence-corrected chi connectivity index (χ0v) is 35.0. The lowest BCUT2D eigenvalue weighted by Crippen LogP contribution is -2.48. The van der Waals surface area contributed by atoms with Crippen molar-refractivity contribution in [1.29, 1.82) is 0 Å². The Hall–Kier alpha value is -4.11. The van der Waals surface area contributed by atoms with E-state index in [0.717, 1.165) is 0 Å². The van der Waals surface area contributed by atoms with Crippen LogP contribution in [0.25, 0.3) is 0 Å². The lowest BCUT2D eigenvalue weighted by atomic mass is 9.95. The molecule has 330 valence electrons. The van der Waals surface area contributed by atoms with Gasteiger partial charge in [-0.1, -0.05) is 27.7 Å². The van der Waals surface area contributed by atoms with Gasteiger partial charge in [-0.25, -0.2) is 4.57 Å². The van der Waals surface area contributed by atoms with Crippen molar-refractivity contribution in [3.8, 4) is 0 Å².